The number of nitrogens with one attached hydrogen (secondary N) is 2. The van der Waals surface area contributed by atoms with Crippen LogP contribution >= 0.6 is 15.9 Å². The number of amides is 2. The van der Waals surface area contributed by atoms with Crippen LogP contribution in [0.15, 0.2) is 57.9 Å². The summed E-state index contributed by atoms with van der Waals surface area (Å²) in [6, 6.07) is 12.5. The minimum Gasteiger partial charge on any atom is -0.345 e. The van der Waals surface area contributed by atoms with E-state index in [0.717, 1.165) is 10.0 Å². The van der Waals surface area contributed by atoms with Gasteiger partial charge in [-0.15, -0.1) is 0 Å². The zero-order valence-electron chi connectivity index (χ0n) is 14.5. The van der Waals surface area contributed by atoms with E-state index in [1.807, 2.05) is 19.1 Å². The van der Waals surface area contributed by atoms with Crippen molar-refractivity contribution in [2.24, 2.45) is 0 Å². The maximum atomic E-state index is 12.2. The molecule has 0 spiro atoms. The molecule has 1 heterocycles. The highest BCUT2D eigenvalue weighted by Gasteiger charge is 2.11. The molecule has 0 radical (unpaired) electrons. The fourth-order valence-electron chi connectivity index (χ4n) is 2.62. The number of hydrogen-bond donors (Lipinski definition) is 2. The highest BCUT2D eigenvalue weighted by Crippen LogP contribution is 2.19. The number of hydrogen-bond acceptors (Lipinski definition) is 4. The number of para-hydroxylation sites is 2. The lowest BCUT2D eigenvalue weighted by atomic mass is 10.2. The summed E-state index contributed by atoms with van der Waals surface area (Å²) in [5, 5.41) is 5.28. The SMILES string of the molecule is Cc1cc(Br)ccc1NC(=O)CNC(=O)Cn1c(=O)cnc2ccccc21. The van der Waals surface area contributed by atoms with Crippen LogP contribution in [0.2, 0.25) is 0 Å². The molecule has 2 amide bonds. The number of rotatable bonds is 5. The number of anilines is 1. The fraction of sp³-hybridized carbons (Fsp3) is 0.158. The van der Waals surface area contributed by atoms with Gasteiger partial charge in [0.15, 0.2) is 0 Å². The largest absolute Gasteiger partial charge is 0.345 e. The van der Waals surface area contributed by atoms with Crippen LogP contribution in [0.25, 0.3) is 11.0 Å². The van der Waals surface area contributed by atoms with Crippen molar-refractivity contribution in [3.63, 3.8) is 0 Å². The molecular formula is C19H17BrN4O3. The van der Waals surface area contributed by atoms with Crippen LogP contribution in [0.3, 0.4) is 0 Å². The predicted octanol–water partition coefficient (Wildman–Crippen LogP) is 2.22. The van der Waals surface area contributed by atoms with E-state index in [0.29, 0.717) is 16.7 Å². The third kappa shape index (κ3) is 4.59. The van der Waals surface area contributed by atoms with Gasteiger partial charge in [-0.1, -0.05) is 28.1 Å². The molecule has 0 aliphatic rings. The lowest BCUT2D eigenvalue weighted by Gasteiger charge is -2.11. The molecule has 3 aromatic rings. The average molecular weight is 429 g/mol. The Balaban J connectivity index is 1.62. The number of carbonyl (C=O) groups is 2. The molecule has 0 bridgehead atoms. The van der Waals surface area contributed by atoms with Crippen LogP contribution in [0.4, 0.5) is 5.69 Å². The summed E-state index contributed by atoms with van der Waals surface area (Å²) in [7, 11) is 0. The number of carbonyl (C=O) groups excluding carboxylic acids is 2. The Hall–Kier alpha value is -3.00. The number of aryl methyl sites for hydroxylation is 1. The standard InChI is InChI=1S/C19H17BrN4O3/c1-12-8-13(20)6-7-14(12)23-17(25)9-22-18(26)11-24-16-5-3-2-4-15(16)21-10-19(24)27/h2-8,10H,9,11H2,1H3,(H,22,26)(H,23,25). The lowest BCUT2D eigenvalue weighted by molar-refractivity contribution is -0.124. The minimum absolute atomic E-state index is 0.188. The first-order chi connectivity index (χ1) is 12.9. The zero-order chi connectivity index (χ0) is 19.4. The first-order valence-corrected chi connectivity index (χ1v) is 9.00. The van der Waals surface area contributed by atoms with Crippen LogP contribution in [0, 0.1) is 6.92 Å². The quantitative estimate of drug-likeness (QED) is 0.651. The molecule has 0 unspecified atom stereocenters. The molecule has 27 heavy (non-hydrogen) atoms. The molecule has 0 aliphatic heterocycles. The molecule has 0 saturated heterocycles. The van der Waals surface area contributed by atoms with E-state index >= 15 is 0 Å². The predicted molar refractivity (Wildman–Crippen MR) is 107 cm³/mol. The Morgan fingerprint density at radius 1 is 1.15 bits per heavy atom. The van der Waals surface area contributed by atoms with E-state index < -0.39 is 5.91 Å². The van der Waals surface area contributed by atoms with E-state index in [1.165, 1.54) is 10.8 Å². The summed E-state index contributed by atoms with van der Waals surface area (Å²) in [4.78, 5) is 40.4. The smallest absolute Gasteiger partial charge is 0.269 e. The number of fused-ring (bicyclic) bond motifs is 1. The van der Waals surface area contributed by atoms with Gasteiger partial charge in [0.1, 0.15) is 6.54 Å². The Kier molecular flexibility index (Phi) is 5.66. The van der Waals surface area contributed by atoms with Crippen molar-refractivity contribution in [1.29, 1.82) is 0 Å². The van der Waals surface area contributed by atoms with Crippen molar-refractivity contribution in [2.45, 2.75) is 13.5 Å². The minimum atomic E-state index is -0.434. The van der Waals surface area contributed by atoms with E-state index in [4.69, 9.17) is 0 Å². The Morgan fingerprint density at radius 2 is 1.93 bits per heavy atom. The number of aromatic nitrogens is 2. The molecule has 138 valence electrons. The monoisotopic (exact) mass is 428 g/mol. The van der Waals surface area contributed by atoms with Crippen LogP contribution in [-0.2, 0) is 16.1 Å². The molecule has 7 nitrogen and oxygen atoms in total. The Morgan fingerprint density at radius 3 is 2.70 bits per heavy atom. The van der Waals surface area contributed by atoms with Crippen molar-refractivity contribution in [3.05, 3.63) is 69.1 Å². The molecule has 2 N–H and O–H groups in total. The van der Waals surface area contributed by atoms with Gasteiger partial charge in [-0.25, -0.2) is 4.98 Å². The summed E-state index contributed by atoms with van der Waals surface area (Å²) in [5.74, 6) is -0.781. The zero-order valence-corrected chi connectivity index (χ0v) is 16.1. The Bertz CT molecular complexity index is 1080. The van der Waals surface area contributed by atoms with Gasteiger partial charge >= 0.3 is 0 Å². The molecule has 2 aromatic carbocycles. The van der Waals surface area contributed by atoms with E-state index in [9.17, 15) is 14.4 Å². The maximum Gasteiger partial charge on any atom is 0.269 e. The van der Waals surface area contributed by atoms with Crippen molar-refractivity contribution < 1.29 is 9.59 Å². The van der Waals surface area contributed by atoms with Gasteiger partial charge in [-0.05, 0) is 42.8 Å². The second kappa shape index (κ2) is 8.13. The third-order valence-electron chi connectivity index (χ3n) is 3.96. The Labute approximate surface area is 163 Å². The highest BCUT2D eigenvalue weighted by atomic mass is 79.9. The molecular weight excluding hydrogens is 412 g/mol. The van der Waals surface area contributed by atoms with Crippen molar-refractivity contribution in [2.75, 3.05) is 11.9 Å². The summed E-state index contributed by atoms with van der Waals surface area (Å²) >= 11 is 3.36. The number of benzene rings is 2. The molecule has 0 fully saturated rings. The van der Waals surface area contributed by atoms with Gasteiger partial charge in [-0.3, -0.25) is 19.0 Å². The van der Waals surface area contributed by atoms with Crippen molar-refractivity contribution in [3.8, 4) is 0 Å². The van der Waals surface area contributed by atoms with E-state index in [2.05, 4.69) is 31.5 Å². The van der Waals surface area contributed by atoms with Gasteiger partial charge in [0.25, 0.3) is 5.56 Å². The van der Waals surface area contributed by atoms with Gasteiger partial charge in [0.2, 0.25) is 11.8 Å². The molecule has 8 heteroatoms. The molecule has 0 aliphatic carbocycles. The highest BCUT2D eigenvalue weighted by molar-refractivity contribution is 9.10. The van der Waals surface area contributed by atoms with Crippen molar-refractivity contribution in [1.82, 2.24) is 14.9 Å². The molecule has 1 aromatic heterocycles. The number of nitrogens with zero attached hydrogens (tertiary/aromatic N) is 2. The van der Waals surface area contributed by atoms with Crippen molar-refractivity contribution >= 4 is 44.5 Å². The first kappa shape index (κ1) is 18.8. The topological polar surface area (TPSA) is 93.1 Å². The number of halogens is 1. The average Bonchev–Trinajstić information content (AvgIpc) is 2.65. The molecule has 0 atom stereocenters. The first-order valence-electron chi connectivity index (χ1n) is 8.21. The van der Waals surface area contributed by atoms with E-state index in [1.54, 1.807) is 30.3 Å². The molecule has 0 saturated carbocycles. The van der Waals surface area contributed by atoms with Gasteiger partial charge in [-0.2, -0.15) is 0 Å². The fourth-order valence-corrected chi connectivity index (χ4v) is 3.09. The van der Waals surface area contributed by atoms with Gasteiger partial charge < -0.3 is 10.6 Å². The normalized spacial score (nSPS) is 10.6. The summed E-state index contributed by atoms with van der Waals surface area (Å²) in [5.41, 5.74) is 2.38. The third-order valence-corrected chi connectivity index (χ3v) is 4.46. The van der Waals surface area contributed by atoms with Crippen LogP contribution < -0.4 is 16.2 Å². The lowest BCUT2D eigenvalue weighted by Crippen LogP contribution is -2.37. The van der Waals surface area contributed by atoms with Gasteiger partial charge in [0, 0.05) is 10.2 Å². The summed E-state index contributed by atoms with van der Waals surface area (Å²) in [6.45, 7) is 1.50. The van der Waals surface area contributed by atoms with Crippen LogP contribution in [-0.4, -0.2) is 27.9 Å². The van der Waals surface area contributed by atoms with Crippen LogP contribution in [0.5, 0.6) is 0 Å². The second-order valence-electron chi connectivity index (χ2n) is 5.96. The van der Waals surface area contributed by atoms with Crippen LogP contribution in [0.1, 0.15) is 5.56 Å². The summed E-state index contributed by atoms with van der Waals surface area (Å²) in [6.07, 6.45) is 1.18. The van der Waals surface area contributed by atoms with E-state index in [-0.39, 0.29) is 24.6 Å². The molecule has 3 rings (SSSR count). The second-order valence-corrected chi connectivity index (χ2v) is 6.87. The van der Waals surface area contributed by atoms with Gasteiger partial charge in [0.05, 0.1) is 23.8 Å². The summed E-state index contributed by atoms with van der Waals surface area (Å²) < 4.78 is 2.25. The maximum absolute atomic E-state index is 12.2.